The summed E-state index contributed by atoms with van der Waals surface area (Å²) in [6.07, 6.45) is -1.16. The van der Waals surface area contributed by atoms with Gasteiger partial charge >= 0.3 is 0 Å². The molecule has 0 aromatic carbocycles. The van der Waals surface area contributed by atoms with Crippen LogP contribution in [0.2, 0.25) is 0 Å². The van der Waals surface area contributed by atoms with E-state index in [1.54, 1.807) is 18.3 Å². The van der Waals surface area contributed by atoms with Crippen LogP contribution in [0.4, 0.5) is 8.78 Å². The van der Waals surface area contributed by atoms with Gasteiger partial charge in [-0.05, 0) is 22.0 Å². The number of alkyl halides is 2. The minimum Gasteiger partial charge on any atom is -0.324 e. The number of rotatable bonds is 3. The molecule has 0 amide bonds. The summed E-state index contributed by atoms with van der Waals surface area (Å²) in [6.45, 7) is 0. The van der Waals surface area contributed by atoms with E-state index in [1.807, 2.05) is 0 Å². The summed E-state index contributed by atoms with van der Waals surface area (Å²) < 4.78 is 24.5. The monoisotopic (exact) mass is 250 g/mol. The van der Waals surface area contributed by atoms with Gasteiger partial charge in [-0.25, -0.2) is 13.8 Å². The van der Waals surface area contributed by atoms with Gasteiger partial charge in [-0.3, -0.25) is 0 Å². The van der Waals surface area contributed by atoms with Gasteiger partial charge in [0.1, 0.15) is 4.60 Å². The van der Waals surface area contributed by atoms with Crippen molar-refractivity contribution in [2.75, 3.05) is 0 Å². The Bertz CT molecular complexity index is 281. The number of nitrogens with zero attached hydrogens (tertiary/aromatic N) is 1. The van der Waals surface area contributed by atoms with E-state index in [0.717, 1.165) is 0 Å². The van der Waals surface area contributed by atoms with Crippen molar-refractivity contribution in [2.24, 2.45) is 5.73 Å². The fourth-order valence-electron chi connectivity index (χ4n) is 0.994. The lowest BCUT2D eigenvalue weighted by molar-refractivity contribution is 0.128. The number of hydrogen-bond donors (Lipinski definition) is 1. The standard InChI is InChI=1S/C8H9BrF2N2/c9-8-5(2-1-3-13-8)6(12)4-7(10)11/h1-3,6-7H,4,12H2/t6-/m1/s1. The SMILES string of the molecule is N[C@H](CC(F)F)c1cccnc1Br. The van der Waals surface area contributed by atoms with Crippen LogP contribution in [0.25, 0.3) is 0 Å². The molecule has 72 valence electrons. The molecule has 0 radical (unpaired) electrons. The first-order valence-electron chi connectivity index (χ1n) is 3.75. The van der Waals surface area contributed by atoms with Gasteiger partial charge in [0.2, 0.25) is 6.43 Å². The number of hydrogen-bond acceptors (Lipinski definition) is 2. The average Bonchev–Trinajstić information content (AvgIpc) is 2.03. The van der Waals surface area contributed by atoms with Crippen LogP contribution in [-0.2, 0) is 0 Å². The fourth-order valence-corrected chi connectivity index (χ4v) is 1.54. The molecule has 2 N–H and O–H groups in total. The molecule has 0 saturated carbocycles. The Labute approximate surface area is 83.3 Å². The summed E-state index contributed by atoms with van der Waals surface area (Å²) in [6, 6.07) is 2.69. The summed E-state index contributed by atoms with van der Waals surface area (Å²) in [7, 11) is 0. The van der Waals surface area contributed by atoms with Crippen LogP contribution in [0.5, 0.6) is 0 Å². The minimum absolute atomic E-state index is 0.343. The van der Waals surface area contributed by atoms with Gasteiger partial charge in [0.15, 0.2) is 0 Å². The number of halogens is 3. The van der Waals surface area contributed by atoms with Crippen LogP contribution in [0.3, 0.4) is 0 Å². The third-order valence-corrected chi connectivity index (χ3v) is 2.28. The first kappa shape index (κ1) is 10.5. The van der Waals surface area contributed by atoms with E-state index in [9.17, 15) is 8.78 Å². The maximum absolute atomic E-state index is 12.0. The maximum Gasteiger partial charge on any atom is 0.240 e. The van der Waals surface area contributed by atoms with Crippen molar-refractivity contribution in [1.29, 1.82) is 0 Å². The Kier molecular flexibility index (Phi) is 3.74. The number of aromatic nitrogens is 1. The number of pyridine rings is 1. The van der Waals surface area contributed by atoms with E-state index < -0.39 is 12.5 Å². The normalized spacial score (nSPS) is 13.3. The third-order valence-electron chi connectivity index (χ3n) is 1.62. The summed E-state index contributed by atoms with van der Waals surface area (Å²) in [5, 5.41) is 0. The van der Waals surface area contributed by atoms with Gasteiger partial charge in [0, 0.05) is 24.2 Å². The second-order valence-corrected chi connectivity index (χ2v) is 3.37. The molecule has 0 bridgehead atoms. The second-order valence-electron chi connectivity index (χ2n) is 2.62. The lowest BCUT2D eigenvalue weighted by Crippen LogP contribution is -2.14. The summed E-state index contributed by atoms with van der Waals surface area (Å²) in [5.41, 5.74) is 6.16. The highest BCUT2D eigenvalue weighted by Crippen LogP contribution is 2.23. The Morgan fingerprint density at radius 1 is 1.54 bits per heavy atom. The molecule has 1 heterocycles. The molecule has 5 heteroatoms. The van der Waals surface area contributed by atoms with Crippen LogP contribution in [0.15, 0.2) is 22.9 Å². The Hall–Kier alpha value is -0.550. The highest BCUT2D eigenvalue weighted by atomic mass is 79.9. The molecule has 0 unspecified atom stereocenters. The predicted molar refractivity (Wildman–Crippen MR) is 49.5 cm³/mol. The largest absolute Gasteiger partial charge is 0.324 e. The minimum atomic E-state index is -2.39. The second kappa shape index (κ2) is 4.62. The zero-order valence-electron chi connectivity index (χ0n) is 6.75. The van der Waals surface area contributed by atoms with Crippen LogP contribution >= 0.6 is 15.9 Å². The molecular weight excluding hydrogens is 242 g/mol. The molecule has 0 aliphatic rings. The van der Waals surface area contributed by atoms with Crippen molar-refractivity contribution in [3.8, 4) is 0 Å². The van der Waals surface area contributed by atoms with Crippen molar-refractivity contribution in [2.45, 2.75) is 18.9 Å². The quantitative estimate of drug-likeness (QED) is 0.838. The third kappa shape index (κ3) is 3.00. The Morgan fingerprint density at radius 3 is 2.77 bits per heavy atom. The highest BCUT2D eigenvalue weighted by Gasteiger charge is 2.15. The van der Waals surface area contributed by atoms with Gasteiger partial charge in [0.25, 0.3) is 0 Å². The van der Waals surface area contributed by atoms with E-state index >= 15 is 0 Å². The van der Waals surface area contributed by atoms with Crippen LogP contribution in [0, 0.1) is 0 Å². The first-order valence-corrected chi connectivity index (χ1v) is 4.54. The smallest absolute Gasteiger partial charge is 0.240 e. The Morgan fingerprint density at radius 2 is 2.23 bits per heavy atom. The highest BCUT2D eigenvalue weighted by molar-refractivity contribution is 9.10. The van der Waals surface area contributed by atoms with Crippen LogP contribution in [0.1, 0.15) is 18.0 Å². The lowest BCUT2D eigenvalue weighted by atomic mass is 10.1. The van der Waals surface area contributed by atoms with Crippen molar-refractivity contribution in [3.63, 3.8) is 0 Å². The van der Waals surface area contributed by atoms with E-state index in [2.05, 4.69) is 20.9 Å². The summed E-state index contributed by atoms with van der Waals surface area (Å²) in [5.74, 6) is 0. The predicted octanol–water partition coefficient (Wildman–Crippen LogP) is 2.50. The van der Waals surface area contributed by atoms with E-state index in [-0.39, 0.29) is 6.42 Å². The van der Waals surface area contributed by atoms with Crippen LogP contribution < -0.4 is 5.73 Å². The van der Waals surface area contributed by atoms with Crippen molar-refractivity contribution in [3.05, 3.63) is 28.5 Å². The Balaban J connectivity index is 2.76. The van der Waals surface area contributed by atoms with Gasteiger partial charge in [-0.15, -0.1) is 0 Å². The first-order chi connectivity index (χ1) is 6.11. The molecule has 1 rings (SSSR count). The fraction of sp³-hybridized carbons (Fsp3) is 0.375. The van der Waals surface area contributed by atoms with E-state index in [0.29, 0.717) is 10.2 Å². The molecule has 0 saturated heterocycles. The number of nitrogens with two attached hydrogens (primary N) is 1. The average molecular weight is 251 g/mol. The zero-order valence-corrected chi connectivity index (χ0v) is 8.34. The zero-order chi connectivity index (χ0) is 9.84. The molecular formula is C8H9BrF2N2. The molecule has 0 fully saturated rings. The molecule has 0 aliphatic heterocycles. The maximum atomic E-state index is 12.0. The van der Waals surface area contributed by atoms with Gasteiger partial charge in [-0.2, -0.15) is 0 Å². The summed E-state index contributed by atoms with van der Waals surface area (Å²) >= 11 is 3.15. The molecule has 0 aliphatic carbocycles. The van der Waals surface area contributed by atoms with Crippen molar-refractivity contribution >= 4 is 15.9 Å². The molecule has 1 atom stereocenters. The van der Waals surface area contributed by atoms with Gasteiger partial charge < -0.3 is 5.73 Å². The van der Waals surface area contributed by atoms with E-state index in [1.165, 1.54) is 0 Å². The van der Waals surface area contributed by atoms with Crippen LogP contribution in [-0.4, -0.2) is 11.4 Å². The molecule has 1 aromatic rings. The summed E-state index contributed by atoms with van der Waals surface area (Å²) in [4.78, 5) is 3.90. The molecule has 2 nitrogen and oxygen atoms in total. The van der Waals surface area contributed by atoms with Gasteiger partial charge in [-0.1, -0.05) is 6.07 Å². The van der Waals surface area contributed by atoms with Crippen molar-refractivity contribution < 1.29 is 8.78 Å². The van der Waals surface area contributed by atoms with E-state index in [4.69, 9.17) is 5.73 Å². The molecule has 13 heavy (non-hydrogen) atoms. The molecule has 1 aromatic heterocycles. The lowest BCUT2D eigenvalue weighted by Gasteiger charge is -2.11. The van der Waals surface area contributed by atoms with Gasteiger partial charge in [0.05, 0.1) is 0 Å². The van der Waals surface area contributed by atoms with Crippen molar-refractivity contribution in [1.82, 2.24) is 4.98 Å². The molecule has 0 spiro atoms. The topological polar surface area (TPSA) is 38.9 Å².